The van der Waals surface area contributed by atoms with E-state index in [1.807, 2.05) is 0 Å². The molecular weight excluding hydrogens is 1130 g/mol. The summed E-state index contributed by atoms with van der Waals surface area (Å²) in [6, 6.07) is 0. The first kappa shape index (κ1) is 87.7. The van der Waals surface area contributed by atoms with Gasteiger partial charge >= 0.3 is 19.8 Å². The molecule has 528 valence electrons. The van der Waals surface area contributed by atoms with Gasteiger partial charge in [0.1, 0.15) is 6.61 Å². The lowest BCUT2D eigenvalue weighted by Gasteiger charge is -2.19. The zero-order valence-corrected chi connectivity index (χ0v) is 60.5. The summed E-state index contributed by atoms with van der Waals surface area (Å²) in [4.78, 5) is 35.4. The van der Waals surface area contributed by atoms with Crippen molar-refractivity contribution in [2.75, 3.05) is 26.4 Å². The van der Waals surface area contributed by atoms with Crippen LogP contribution < -0.4 is 5.73 Å². The molecule has 0 amide bonds. The molecule has 2 atom stereocenters. The summed E-state index contributed by atoms with van der Waals surface area (Å²) < 4.78 is 33.2. The highest BCUT2D eigenvalue weighted by atomic mass is 31.2. The fraction of sp³-hybridized carbons (Fsp3) is 0.850. The minimum atomic E-state index is -4.40. The van der Waals surface area contributed by atoms with E-state index < -0.39 is 26.5 Å². The molecule has 0 aromatic carbocycles. The van der Waals surface area contributed by atoms with Gasteiger partial charge in [0.15, 0.2) is 6.10 Å². The van der Waals surface area contributed by atoms with Gasteiger partial charge in [0.2, 0.25) is 0 Å². The van der Waals surface area contributed by atoms with E-state index in [2.05, 4.69) is 74.6 Å². The van der Waals surface area contributed by atoms with Crippen molar-refractivity contribution in [1.82, 2.24) is 0 Å². The summed E-state index contributed by atoms with van der Waals surface area (Å²) in [6.07, 6.45) is 99.4. The van der Waals surface area contributed by atoms with Crippen molar-refractivity contribution in [3.05, 3.63) is 60.8 Å². The highest BCUT2D eigenvalue weighted by molar-refractivity contribution is 7.47. The summed E-state index contributed by atoms with van der Waals surface area (Å²) in [5.74, 6) is -0.811. The Morgan fingerprint density at radius 1 is 0.344 bits per heavy atom. The molecule has 10 heteroatoms. The minimum absolute atomic E-state index is 0.0536. The van der Waals surface area contributed by atoms with E-state index in [-0.39, 0.29) is 38.6 Å². The Kier molecular flexibility index (Phi) is 73.8. The van der Waals surface area contributed by atoms with Crippen LogP contribution in [0.25, 0.3) is 0 Å². The first-order chi connectivity index (χ1) is 44.3. The number of hydrogen-bond donors (Lipinski definition) is 2. The monoisotopic (exact) mass is 1280 g/mol. The van der Waals surface area contributed by atoms with Gasteiger partial charge in [0.05, 0.1) is 13.2 Å². The van der Waals surface area contributed by atoms with Crippen molar-refractivity contribution in [1.29, 1.82) is 0 Å². The molecule has 0 spiro atoms. The summed E-state index contributed by atoms with van der Waals surface area (Å²) in [5, 5.41) is 0. The molecule has 0 aliphatic rings. The van der Waals surface area contributed by atoms with Crippen LogP contribution in [0.3, 0.4) is 0 Å². The number of allylic oxidation sites excluding steroid dienone is 10. The normalized spacial score (nSPS) is 13.2. The van der Waals surface area contributed by atoms with Crippen LogP contribution >= 0.6 is 7.82 Å². The van der Waals surface area contributed by atoms with E-state index in [4.69, 9.17) is 24.3 Å². The number of nitrogens with two attached hydrogens (primary N) is 1. The van der Waals surface area contributed by atoms with E-state index in [1.165, 1.54) is 302 Å². The van der Waals surface area contributed by atoms with Crippen molar-refractivity contribution in [3.8, 4) is 0 Å². The summed E-state index contributed by atoms with van der Waals surface area (Å²) in [5.41, 5.74) is 5.41. The molecule has 0 aliphatic heterocycles. The van der Waals surface area contributed by atoms with Gasteiger partial charge in [-0.3, -0.25) is 18.6 Å². The first-order valence-corrected chi connectivity index (χ1v) is 40.8. The molecule has 0 bridgehead atoms. The molecule has 0 radical (unpaired) electrons. The highest BCUT2D eigenvalue weighted by Gasteiger charge is 2.26. The number of carbonyl (C=O) groups is 2. The molecule has 0 heterocycles. The Labute approximate surface area is 559 Å². The van der Waals surface area contributed by atoms with E-state index >= 15 is 0 Å². The molecule has 0 rings (SSSR count). The van der Waals surface area contributed by atoms with Gasteiger partial charge in [-0.15, -0.1) is 0 Å². The number of rotatable bonds is 75. The van der Waals surface area contributed by atoms with Gasteiger partial charge in [-0.25, -0.2) is 4.57 Å². The van der Waals surface area contributed by atoms with E-state index in [0.29, 0.717) is 6.42 Å². The van der Waals surface area contributed by atoms with Gasteiger partial charge in [-0.1, -0.05) is 396 Å². The Balaban J connectivity index is 3.75. The fourth-order valence-electron chi connectivity index (χ4n) is 11.9. The molecule has 0 aromatic rings. The molecule has 0 saturated carbocycles. The van der Waals surface area contributed by atoms with Crippen molar-refractivity contribution in [3.63, 3.8) is 0 Å². The average molecular weight is 1290 g/mol. The van der Waals surface area contributed by atoms with Gasteiger partial charge in [0.25, 0.3) is 0 Å². The smallest absolute Gasteiger partial charge is 0.462 e. The third-order valence-corrected chi connectivity index (χ3v) is 18.7. The molecular formula is C80H150NO8P. The molecule has 2 unspecified atom stereocenters. The van der Waals surface area contributed by atoms with Crippen molar-refractivity contribution in [2.24, 2.45) is 5.73 Å². The Morgan fingerprint density at radius 3 is 0.911 bits per heavy atom. The summed E-state index contributed by atoms with van der Waals surface area (Å²) in [7, 11) is -4.40. The first-order valence-electron chi connectivity index (χ1n) is 39.3. The summed E-state index contributed by atoms with van der Waals surface area (Å²) >= 11 is 0. The minimum Gasteiger partial charge on any atom is -0.462 e. The number of carbonyl (C=O) groups excluding carboxylic acids is 2. The Bertz CT molecular complexity index is 1660. The average Bonchev–Trinajstić information content (AvgIpc) is 3.75. The van der Waals surface area contributed by atoms with E-state index in [0.717, 1.165) is 70.6 Å². The molecule has 3 N–H and O–H groups in total. The zero-order valence-electron chi connectivity index (χ0n) is 59.6. The molecule has 0 aromatic heterocycles. The predicted molar refractivity (Wildman–Crippen MR) is 390 cm³/mol. The highest BCUT2D eigenvalue weighted by Crippen LogP contribution is 2.43. The van der Waals surface area contributed by atoms with Crippen LogP contribution in [0.4, 0.5) is 0 Å². The number of esters is 2. The SMILES string of the molecule is CC/C=C\C/C=C\C/C=C\C/C=C\C/C=C\CCCCCCCCCCCCCCCC(=O)OC(COC(=O)CCCCCCCCCCCCCCCCCCCCCCCCCCCCCCCCCCCCCCCCCC)COP(=O)(O)OCCN. The van der Waals surface area contributed by atoms with Crippen LogP contribution in [-0.4, -0.2) is 49.3 Å². The molecule has 0 aliphatic carbocycles. The molecule has 90 heavy (non-hydrogen) atoms. The fourth-order valence-corrected chi connectivity index (χ4v) is 12.7. The molecule has 9 nitrogen and oxygen atoms in total. The maximum Gasteiger partial charge on any atom is 0.472 e. The summed E-state index contributed by atoms with van der Waals surface area (Å²) in [6.45, 7) is 3.70. The second kappa shape index (κ2) is 75.7. The maximum atomic E-state index is 12.8. The lowest BCUT2D eigenvalue weighted by molar-refractivity contribution is -0.161. The van der Waals surface area contributed by atoms with Gasteiger partial charge < -0.3 is 20.1 Å². The van der Waals surface area contributed by atoms with Crippen LogP contribution in [0.5, 0.6) is 0 Å². The van der Waals surface area contributed by atoms with Gasteiger partial charge in [-0.2, -0.15) is 0 Å². The van der Waals surface area contributed by atoms with Crippen LogP contribution in [0.1, 0.15) is 406 Å². The second-order valence-electron chi connectivity index (χ2n) is 26.6. The zero-order chi connectivity index (χ0) is 65.1. The van der Waals surface area contributed by atoms with Gasteiger partial charge in [0, 0.05) is 19.4 Å². The number of hydrogen-bond acceptors (Lipinski definition) is 8. The van der Waals surface area contributed by atoms with Crippen molar-refractivity contribution < 1.29 is 37.6 Å². The molecule has 0 saturated heterocycles. The maximum absolute atomic E-state index is 12.8. The van der Waals surface area contributed by atoms with E-state index in [9.17, 15) is 19.0 Å². The molecule has 0 fully saturated rings. The third-order valence-electron chi connectivity index (χ3n) is 17.7. The lowest BCUT2D eigenvalue weighted by atomic mass is 10.0. The quantitative estimate of drug-likeness (QED) is 0.0264. The van der Waals surface area contributed by atoms with Crippen LogP contribution in [0.15, 0.2) is 60.8 Å². The van der Waals surface area contributed by atoms with Gasteiger partial charge in [-0.05, 0) is 57.8 Å². The van der Waals surface area contributed by atoms with E-state index in [1.54, 1.807) is 0 Å². The largest absolute Gasteiger partial charge is 0.472 e. The number of phosphoric ester groups is 1. The lowest BCUT2D eigenvalue weighted by Crippen LogP contribution is -2.29. The van der Waals surface area contributed by atoms with Crippen molar-refractivity contribution in [2.45, 2.75) is 412 Å². The van der Waals surface area contributed by atoms with Crippen LogP contribution in [-0.2, 0) is 32.7 Å². The third kappa shape index (κ3) is 74.7. The second-order valence-corrected chi connectivity index (χ2v) is 28.0. The Hall–Kier alpha value is -2.29. The predicted octanol–water partition coefficient (Wildman–Crippen LogP) is 26.2. The number of phosphoric acid groups is 1. The van der Waals surface area contributed by atoms with Crippen LogP contribution in [0, 0.1) is 0 Å². The van der Waals surface area contributed by atoms with Crippen LogP contribution in [0.2, 0.25) is 0 Å². The Morgan fingerprint density at radius 2 is 0.611 bits per heavy atom. The topological polar surface area (TPSA) is 134 Å². The number of ether oxygens (including phenoxy) is 2. The number of unbranched alkanes of at least 4 members (excludes halogenated alkanes) is 52. The standard InChI is InChI=1S/C80H150NO8P/c1-3-5-7-9-11-13-15-17-19-21-23-25-27-29-31-33-34-35-36-37-38-39-40-41-42-43-45-46-48-50-52-54-56-58-60-62-64-66-68-70-72-79(82)86-76-78(77-88-90(84,85)87-75-74-81)89-80(83)73-71-69-67-65-63-61-59-57-55-53-51-49-47-44-32-30-28-26-24-22-20-18-16-14-12-10-8-6-4-2/h6,8,12,14,18,20,24,26,30,32,78H,3-5,7,9-11,13,15-17,19,21-23,25,27-29,31,33-77,81H2,1-2H3,(H,84,85)/b8-6-,14-12-,20-18-,26-24-,32-30-. The van der Waals surface area contributed by atoms with Crippen molar-refractivity contribution >= 4 is 19.8 Å².